The van der Waals surface area contributed by atoms with E-state index in [4.69, 9.17) is 14.2 Å². The summed E-state index contributed by atoms with van der Waals surface area (Å²) in [6.45, 7) is 0.818. The van der Waals surface area contributed by atoms with Crippen LogP contribution in [0, 0.1) is 0 Å². The molecule has 166 valence electrons. The van der Waals surface area contributed by atoms with Crippen molar-refractivity contribution in [1.29, 1.82) is 0 Å². The summed E-state index contributed by atoms with van der Waals surface area (Å²) in [5.41, 5.74) is 3.48. The molecule has 0 aromatic heterocycles. The van der Waals surface area contributed by atoms with Crippen LogP contribution >= 0.6 is 11.8 Å². The predicted molar refractivity (Wildman–Crippen MR) is 122 cm³/mol. The smallest absolute Gasteiger partial charge is 0.488 e. The summed E-state index contributed by atoms with van der Waals surface area (Å²) in [6, 6.07) is 16.5. The van der Waals surface area contributed by atoms with E-state index < -0.39 is 12.3 Å². The highest BCUT2D eigenvalue weighted by Gasteiger charge is 2.26. The fourth-order valence-electron chi connectivity index (χ4n) is 4.33. The lowest BCUT2D eigenvalue weighted by atomic mass is 9.93. The van der Waals surface area contributed by atoms with Crippen molar-refractivity contribution in [2.24, 2.45) is 0 Å². The van der Waals surface area contributed by atoms with Gasteiger partial charge in [-0.25, -0.2) is 4.79 Å². The standard InChI is InChI=1S/C25H30O5S/c26-21(16-31-17-22-15-29-25(27)30-22)13-20-11-6-12-23(19-9-4-5-10-19)24(20)28-14-18-7-2-1-3-8-18/h1-3,6-8,11-12,19,21-22,26H,4-5,9-10,13-17H2. The zero-order valence-corrected chi connectivity index (χ0v) is 18.5. The van der Waals surface area contributed by atoms with Gasteiger partial charge < -0.3 is 19.3 Å². The van der Waals surface area contributed by atoms with Gasteiger partial charge in [-0.05, 0) is 35.4 Å². The Labute approximate surface area is 188 Å². The van der Waals surface area contributed by atoms with E-state index in [-0.39, 0.29) is 6.10 Å². The molecule has 0 radical (unpaired) electrons. The van der Waals surface area contributed by atoms with Crippen molar-refractivity contribution in [2.45, 2.75) is 56.8 Å². The van der Waals surface area contributed by atoms with E-state index in [2.05, 4.69) is 30.3 Å². The number of rotatable bonds is 10. The summed E-state index contributed by atoms with van der Waals surface area (Å²) >= 11 is 1.58. The molecule has 2 aliphatic rings. The Balaban J connectivity index is 1.41. The van der Waals surface area contributed by atoms with Crippen molar-refractivity contribution in [3.63, 3.8) is 0 Å². The van der Waals surface area contributed by atoms with Crippen molar-refractivity contribution in [1.82, 2.24) is 0 Å². The average molecular weight is 443 g/mol. The van der Waals surface area contributed by atoms with Crippen LogP contribution in [0.25, 0.3) is 0 Å². The molecule has 6 heteroatoms. The van der Waals surface area contributed by atoms with Crippen LogP contribution in [0.1, 0.15) is 48.3 Å². The van der Waals surface area contributed by atoms with E-state index in [1.165, 1.54) is 31.2 Å². The fraction of sp³-hybridized carbons (Fsp3) is 0.480. The highest BCUT2D eigenvalue weighted by Crippen LogP contribution is 2.41. The predicted octanol–water partition coefficient (Wildman–Crippen LogP) is 5.10. The van der Waals surface area contributed by atoms with Gasteiger partial charge >= 0.3 is 6.16 Å². The summed E-state index contributed by atoms with van der Waals surface area (Å²) in [7, 11) is 0. The monoisotopic (exact) mass is 442 g/mol. The molecule has 4 rings (SSSR count). The lowest BCUT2D eigenvalue weighted by Gasteiger charge is -2.21. The molecule has 2 atom stereocenters. The average Bonchev–Trinajstić information content (AvgIpc) is 3.45. The second-order valence-electron chi connectivity index (χ2n) is 8.29. The first kappa shape index (κ1) is 22.0. The first-order valence-corrected chi connectivity index (χ1v) is 12.2. The Morgan fingerprint density at radius 1 is 1.10 bits per heavy atom. The summed E-state index contributed by atoms with van der Waals surface area (Å²) < 4.78 is 16.2. The van der Waals surface area contributed by atoms with Crippen molar-refractivity contribution in [3.05, 3.63) is 65.2 Å². The fourth-order valence-corrected chi connectivity index (χ4v) is 5.28. The van der Waals surface area contributed by atoms with Crippen molar-refractivity contribution >= 4 is 17.9 Å². The number of hydrogen-bond donors (Lipinski definition) is 1. The minimum atomic E-state index is -0.602. The Morgan fingerprint density at radius 3 is 2.65 bits per heavy atom. The largest absolute Gasteiger partial charge is 0.508 e. The van der Waals surface area contributed by atoms with Crippen molar-refractivity contribution in [3.8, 4) is 5.75 Å². The highest BCUT2D eigenvalue weighted by atomic mass is 32.2. The zero-order valence-electron chi connectivity index (χ0n) is 17.7. The summed E-state index contributed by atoms with van der Waals surface area (Å²) in [4.78, 5) is 11.0. The number of para-hydroxylation sites is 1. The third-order valence-corrected chi connectivity index (χ3v) is 7.10. The van der Waals surface area contributed by atoms with Gasteiger partial charge in [0.05, 0.1) is 6.10 Å². The summed E-state index contributed by atoms with van der Waals surface area (Å²) in [5, 5.41) is 10.7. The number of carbonyl (C=O) groups excluding carboxylic acids is 1. The van der Waals surface area contributed by atoms with E-state index in [1.54, 1.807) is 11.8 Å². The molecule has 1 heterocycles. The van der Waals surface area contributed by atoms with Crippen LogP contribution in [0.2, 0.25) is 0 Å². The molecule has 2 fully saturated rings. The molecule has 1 saturated heterocycles. The number of aliphatic hydroxyl groups excluding tert-OH is 1. The third kappa shape index (κ3) is 6.17. The van der Waals surface area contributed by atoms with Gasteiger partial charge in [-0.2, -0.15) is 11.8 Å². The second-order valence-corrected chi connectivity index (χ2v) is 9.36. The van der Waals surface area contributed by atoms with Crippen LogP contribution in [0.5, 0.6) is 5.75 Å². The van der Waals surface area contributed by atoms with Gasteiger partial charge in [-0.15, -0.1) is 0 Å². The van der Waals surface area contributed by atoms with Gasteiger partial charge in [0, 0.05) is 17.9 Å². The molecule has 2 aromatic carbocycles. The molecule has 31 heavy (non-hydrogen) atoms. The number of thioether (sulfide) groups is 1. The van der Waals surface area contributed by atoms with E-state index in [1.807, 2.05) is 18.2 Å². The normalized spacial score (nSPS) is 19.8. The van der Waals surface area contributed by atoms with Gasteiger partial charge in [0.2, 0.25) is 0 Å². The Morgan fingerprint density at radius 2 is 1.90 bits per heavy atom. The first-order chi connectivity index (χ1) is 15.2. The van der Waals surface area contributed by atoms with Crippen molar-refractivity contribution < 1.29 is 24.1 Å². The molecule has 1 aliphatic heterocycles. The highest BCUT2D eigenvalue weighted by molar-refractivity contribution is 7.99. The van der Waals surface area contributed by atoms with Gasteiger partial charge in [-0.3, -0.25) is 0 Å². The van der Waals surface area contributed by atoms with Crippen LogP contribution in [0.15, 0.2) is 48.5 Å². The van der Waals surface area contributed by atoms with Gasteiger partial charge in [-0.1, -0.05) is 61.4 Å². The zero-order chi connectivity index (χ0) is 21.5. The molecule has 0 bridgehead atoms. The molecule has 1 N–H and O–H groups in total. The Bertz CT molecular complexity index is 850. The van der Waals surface area contributed by atoms with E-state index >= 15 is 0 Å². The SMILES string of the molecule is O=C1OCC(CSCC(O)Cc2cccc(C3CCCC3)c2OCc2ccccc2)O1. The van der Waals surface area contributed by atoms with Crippen LogP contribution < -0.4 is 4.74 Å². The molecule has 2 aromatic rings. The molecule has 1 saturated carbocycles. The van der Waals surface area contributed by atoms with Gasteiger partial charge in [0.1, 0.15) is 25.1 Å². The molecule has 0 spiro atoms. The van der Waals surface area contributed by atoms with E-state index in [9.17, 15) is 9.90 Å². The number of hydrogen-bond acceptors (Lipinski definition) is 6. The number of benzene rings is 2. The molecule has 1 aliphatic carbocycles. The number of ether oxygens (including phenoxy) is 3. The maximum absolute atomic E-state index is 11.0. The minimum absolute atomic E-state index is 0.222. The van der Waals surface area contributed by atoms with Gasteiger partial charge in [0.25, 0.3) is 0 Å². The number of carbonyl (C=O) groups is 1. The Hall–Kier alpha value is -2.18. The topological polar surface area (TPSA) is 65.0 Å². The van der Waals surface area contributed by atoms with Crippen LogP contribution in [-0.2, 0) is 22.5 Å². The maximum atomic E-state index is 11.0. The molecule has 5 nitrogen and oxygen atoms in total. The lowest BCUT2D eigenvalue weighted by Crippen LogP contribution is -2.19. The third-order valence-electron chi connectivity index (χ3n) is 5.87. The van der Waals surface area contributed by atoms with E-state index in [0.29, 0.717) is 37.1 Å². The van der Waals surface area contributed by atoms with Gasteiger partial charge in [0.15, 0.2) is 0 Å². The minimum Gasteiger partial charge on any atom is -0.488 e. The van der Waals surface area contributed by atoms with Crippen LogP contribution in [-0.4, -0.2) is 41.6 Å². The van der Waals surface area contributed by atoms with Crippen molar-refractivity contribution in [2.75, 3.05) is 18.1 Å². The summed E-state index contributed by atoms with van der Waals surface area (Å²) in [6.07, 6.45) is 4.15. The molecule has 2 unspecified atom stereocenters. The quantitative estimate of drug-likeness (QED) is 0.517. The van der Waals surface area contributed by atoms with Crippen LogP contribution in [0.4, 0.5) is 4.79 Å². The number of aliphatic hydroxyl groups is 1. The Kier molecular flexibility index (Phi) is 7.76. The van der Waals surface area contributed by atoms with E-state index in [0.717, 1.165) is 16.9 Å². The molecule has 0 amide bonds. The lowest BCUT2D eigenvalue weighted by molar-refractivity contribution is 0.122. The summed E-state index contributed by atoms with van der Waals surface area (Å²) in [5.74, 6) is 2.68. The molecular weight excluding hydrogens is 412 g/mol. The van der Waals surface area contributed by atoms with Crippen LogP contribution in [0.3, 0.4) is 0 Å². The number of cyclic esters (lactones) is 2. The first-order valence-electron chi connectivity index (χ1n) is 11.1. The second kappa shape index (κ2) is 10.9. The molecular formula is C25H30O5S. The maximum Gasteiger partial charge on any atom is 0.508 e.